The van der Waals surface area contributed by atoms with Gasteiger partial charge < -0.3 is 5.73 Å². The third kappa shape index (κ3) is 4.22. The summed E-state index contributed by atoms with van der Waals surface area (Å²) in [5, 5.41) is 2.11. The molecule has 0 saturated heterocycles. The van der Waals surface area contributed by atoms with Gasteiger partial charge >= 0.3 is 0 Å². The van der Waals surface area contributed by atoms with Crippen LogP contribution in [-0.2, 0) is 6.54 Å². The smallest absolute Gasteiger partial charge is 0.0328 e. The molecular weight excluding hydrogens is 180 g/mol. The van der Waals surface area contributed by atoms with E-state index in [1.165, 1.54) is 4.88 Å². The predicted molar refractivity (Wildman–Crippen MR) is 58.8 cm³/mol. The van der Waals surface area contributed by atoms with Gasteiger partial charge in [-0.2, -0.15) is 0 Å². The molecule has 0 aliphatic heterocycles. The van der Waals surface area contributed by atoms with Crippen molar-refractivity contribution in [1.29, 1.82) is 0 Å². The van der Waals surface area contributed by atoms with Crippen LogP contribution in [0, 0.1) is 0 Å². The van der Waals surface area contributed by atoms with Crippen molar-refractivity contribution >= 4 is 11.3 Å². The van der Waals surface area contributed by atoms with Crippen LogP contribution in [0.3, 0.4) is 0 Å². The van der Waals surface area contributed by atoms with Crippen LogP contribution in [-0.4, -0.2) is 25.0 Å². The largest absolute Gasteiger partial charge is 0.327 e. The van der Waals surface area contributed by atoms with E-state index in [-0.39, 0.29) is 0 Å². The van der Waals surface area contributed by atoms with E-state index >= 15 is 0 Å². The monoisotopic (exact) mass is 196 g/mol. The number of likely N-dealkylation sites (N-methyl/N-ethyl adjacent to an activating group) is 1. The van der Waals surface area contributed by atoms with Gasteiger partial charge in [-0.3, -0.25) is 4.90 Å². The highest BCUT2D eigenvalue weighted by atomic mass is 32.1. The molecule has 1 rings (SSSR count). The highest BCUT2D eigenvalue weighted by Crippen LogP contribution is 2.10. The first kappa shape index (κ1) is 10.4. The molecule has 2 N–H and O–H groups in total. The molecule has 1 aromatic heterocycles. The summed E-state index contributed by atoms with van der Waals surface area (Å²) in [6, 6.07) is 4.25. The van der Waals surface area contributed by atoms with Crippen molar-refractivity contribution in [1.82, 2.24) is 4.90 Å². The summed E-state index contributed by atoms with van der Waals surface area (Å²) in [6.45, 7) is 2.62. The van der Waals surface area contributed by atoms with Crippen molar-refractivity contribution in [2.75, 3.05) is 20.1 Å². The van der Waals surface area contributed by atoms with Gasteiger partial charge in [-0.1, -0.05) is 18.2 Å². The van der Waals surface area contributed by atoms with E-state index in [1.807, 2.05) is 6.08 Å². The Kier molecular flexibility index (Phi) is 4.75. The van der Waals surface area contributed by atoms with Gasteiger partial charge in [-0.05, 0) is 18.5 Å². The molecule has 0 unspecified atom stereocenters. The zero-order chi connectivity index (χ0) is 9.52. The van der Waals surface area contributed by atoms with Crippen LogP contribution in [0.2, 0.25) is 0 Å². The normalized spacial score (nSPS) is 11.6. The molecule has 0 radical (unpaired) electrons. The average molecular weight is 196 g/mol. The number of rotatable bonds is 5. The lowest BCUT2D eigenvalue weighted by Crippen LogP contribution is -2.17. The van der Waals surface area contributed by atoms with E-state index in [1.54, 1.807) is 11.3 Å². The van der Waals surface area contributed by atoms with Crippen LogP contribution < -0.4 is 5.73 Å². The second-order valence-corrected chi connectivity index (χ2v) is 4.02. The summed E-state index contributed by atoms with van der Waals surface area (Å²) >= 11 is 1.80. The highest BCUT2D eigenvalue weighted by molar-refractivity contribution is 7.09. The number of hydrogen-bond donors (Lipinski definition) is 1. The van der Waals surface area contributed by atoms with Gasteiger partial charge in [-0.25, -0.2) is 0 Å². The molecular formula is C10H16N2S. The van der Waals surface area contributed by atoms with E-state index in [0.717, 1.165) is 13.1 Å². The zero-order valence-corrected chi connectivity index (χ0v) is 8.76. The van der Waals surface area contributed by atoms with Crippen molar-refractivity contribution < 1.29 is 0 Å². The van der Waals surface area contributed by atoms with Crippen molar-refractivity contribution in [3.05, 3.63) is 34.5 Å². The van der Waals surface area contributed by atoms with E-state index in [4.69, 9.17) is 5.73 Å². The summed E-state index contributed by atoms with van der Waals surface area (Å²) in [6.07, 6.45) is 4.10. The van der Waals surface area contributed by atoms with E-state index in [0.29, 0.717) is 6.54 Å². The Labute approximate surface area is 83.7 Å². The first-order chi connectivity index (χ1) is 6.33. The highest BCUT2D eigenvalue weighted by Gasteiger charge is 1.97. The molecule has 0 aliphatic carbocycles. The number of hydrogen-bond acceptors (Lipinski definition) is 3. The van der Waals surface area contributed by atoms with Crippen LogP contribution in [0.15, 0.2) is 29.7 Å². The summed E-state index contributed by atoms with van der Waals surface area (Å²) in [5.41, 5.74) is 5.35. The number of thiophene rings is 1. The Hall–Kier alpha value is -0.640. The first-order valence-electron chi connectivity index (χ1n) is 4.39. The number of nitrogens with zero attached hydrogens (tertiary/aromatic N) is 1. The maximum absolute atomic E-state index is 5.35. The third-order valence-electron chi connectivity index (χ3n) is 1.73. The zero-order valence-electron chi connectivity index (χ0n) is 7.94. The molecule has 1 aromatic rings. The summed E-state index contributed by atoms with van der Waals surface area (Å²) < 4.78 is 0. The molecule has 0 aromatic carbocycles. The second kappa shape index (κ2) is 5.91. The Morgan fingerprint density at radius 3 is 3.00 bits per heavy atom. The Balaban J connectivity index is 2.25. The Morgan fingerprint density at radius 2 is 2.38 bits per heavy atom. The first-order valence-corrected chi connectivity index (χ1v) is 5.27. The standard InChI is InChI=1S/C10H16N2S/c1-12(7-3-2-6-11)9-10-5-4-8-13-10/h2-5,8H,6-7,9,11H2,1H3. The molecule has 0 amide bonds. The molecule has 2 nitrogen and oxygen atoms in total. The quantitative estimate of drug-likeness (QED) is 0.726. The van der Waals surface area contributed by atoms with Gasteiger partial charge in [0.25, 0.3) is 0 Å². The fourth-order valence-corrected chi connectivity index (χ4v) is 1.87. The molecule has 0 aliphatic rings. The Morgan fingerprint density at radius 1 is 1.54 bits per heavy atom. The van der Waals surface area contributed by atoms with Crippen LogP contribution in [0.25, 0.3) is 0 Å². The summed E-state index contributed by atoms with van der Waals surface area (Å²) in [7, 11) is 2.11. The van der Waals surface area contributed by atoms with Crippen LogP contribution in [0.5, 0.6) is 0 Å². The van der Waals surface area contributed by atoms with E-state index < -0.39 is 0 Å². The molecule has 0 fully saturated rings. The lowest BCUT2D eigenvalue weighted by molar-refractivity contribution is 0.366. The van der Waals surface area contributed by atoms with Gasteiger partial charge in [0.1, 0.15) is 0 Å². The molecule has 72 valence electrons. The van der Waals surface area contributed by atoms with Crippen molar-refractivity contribution in [3.63, 3.8) is 0 Å². The van der Waals surface area contributed by atoms with Gasteiger partial charge in [-0.15, -0.1) is 11.3 Å². The van der Waals surface area contributed by atoms with Gasteiger partial charge in [0.15, 0.2) is 0 Å². The Bertz CT molecular complexity index is 241. The summed E-state index contributed by atoms with van der Waals surface area (Å²) in [4.78, 5) is 3.67. The lowest BCUT2D eigenvalue weighted by Gasteiger charge is -2.12. The maximum atomic E-state index is 5.35. The second-order valence-electron chi connectivity index (χ2n) is 2.98. The van der Waals surface area contributed by atoms with Crippen molar-refractivity contribution in [2.45, 2.75) is 6.54 Å². The molecule has 0 bridgehead atoms. The SMILES string of the molecule is CN(CC=CCN)Cc1cccs1. The molecule has 3 heteroatoms. The van der Waals surface area contributed by atoms with Crippen molar-refractivity contribution in [3.8, 4) is 0 Å². The fourth-order valence-electron chi connectivity index (χ4n) is 1.08. The maximum Gasteiger partial charge on any atom is 0.0328 e. The molecule has 13 heavy (non-hydrogen) atoms. The molecule has 0 saturated carbocycles. The molecule has 0 spiro atoms. The molecule has 1 heterocycles. The molecule has 0 atom stereocenters. The van der Waals surface area contributed by atoms with E-state index in [9.17, 15) is 0 Å². The topological polar surface area (TPSA) is 29.3 Å². The van der Waals surface area contributed by atoms with Crippen LogP contribution >= 0.6 is 11.3 Å². The van der Waals surface area contributed by atoms with Crippen LogP contribution in [0.1, 0.15) is 4.88 Å². The minimum atomic E-state index is 0.632. The third-order valence-corrected chi connectivity index (χ3v) is 2.59. The fraction of sp³-hybridized carbons (Fsp3) is 0.400. The van der Waals surface area contributed by atoms with Gasteiger partial charge in [0.2, 0.25) is 0 Å². The van der Waals surface area contributed by atoms with E-state index in [2.05, 4.69) is 35.5 Å². The summed E-state index contributed by atoms with van der Waals surface area (Å²) in [5.74, 6) is 0. The minimum Gasteiger partial charge on any atom is -0.327 e. The van der Waals surface area contributed by atoms with Crippen molar-refractivity contribution in [2.24, 2.45) is 5.73 Å². The van der Waals surface area contributed by atoms with Crippen LogP contribution in [0.4, 0.5) is 0 Å². The van der Waals surface area contributed by atoms with Gasteiger partial charge in [0.05, 0.1) is 0 Å². The lowest BCUT2D eigenvalue weighted by atomic mass is 10.4. The minimum absolute atomic E-state index is 0.632. The average Bonchev–Trinajstić information content (AvgIpc) is 2.57. The number of nitrogens with two attached hydrogens (primary N) is 1. The van der Waals surface area contributed by atoms with Gasteiger partial charge in [0, 0.05) is 24.5 Å². The predicted octanol–water partition coefficient (Wildman–Crippen LogP) is 1.69.